The van der Waals surface area contributed by atoms with Gasteiger partial charge in [-0.3, -0.25) is 4.90 Å². The van der Waals surface area contributed by atoms with E-state index in [9.17, 15) is 5.11 Å². The zero-order chi connectivity index (χ0) is 14.7. The largest absolute Gasteiger partial charge is 0.388 e. The van der Waals surface area contributed by atoms with Gasteiger partial charge in [0.2, 0.25) is 0 Å². The molecular formula is C14H20N4O2S. The Kier molecular flexibility index (Phi) is 4.64. The number of hydrogen-bond donors (Lipinski definition) is 1. The van der Waals surface area contributed by atoms with Crippen LogP contribution in [0.1, 0.15) is 23.2 Å². The molecule has 7 heteroatoms. The van der Waals surface area contributed by atoms with Crippen molar-refractivity contribution in [2.24, 2.45) is 7.05 Å². The van der Waals surface area contributed by atoms with Crippen LogP contribution in [0.15, 0.2) is 23.8 Å². The lowest BCUT2D eigenvalue weighted by atomic mass is 10.1. The van der Waals surface area contributed by atoms with Crippen molar-refractivity contribution in [1.29, 1.82) is 0 Å². The van der Waals surface area contributed by atoms with Crippen LogP contribution in [0, 0.1) is 0 Å². The van der Waals surface area contributed by atoms with Gasteiger partial charge < -0.3 is 14.4 Å². The maximum absolute atomic E-state index is 10.4. The molecule has 1 fully saturated rings. The van der Waals surface area contributed by atoms with Crippen LogP contribution in [0.4, 0.5) is 0 Å². The monoisotopic (exact) mass is 308 g/mol. The lowest BCUT2D eigenvalue weighted by Crippen LogP contribution is -2.45. The van der Waals surface area contributed by atoms with Gasteiger partial charge in [-0.25, -0.2) is 0 Å². The van der Waals surface area contributed by atoms with E-state index in [4.69, 9.17) is 4.74 Å². The standard InChI is InChI=1S/C14H20N4O2S/c1-17-10-15-16-14(17)8-18-4-5-20-9-11(18)7-12(19)13-3-2-6-21-13/h2-3,6,10-12,19H,4-5,7-9H2,1H3. The molecule has 1 aliphatic rings. The normalized spacial score (nSPS) is 21.5. The van der Waals surface area contributed by atoms with E-state index in [1.165, 1.54) is 0 Å². The molecule has 6 nitrogen and oxygen atoms in total. The first kappa shape index (κ1) is 14.6. The highest BCUT2D eigenvalue weighted by Gasteiger charge is 2.27. The quantitative estimate of drug-likeness (QED) is 0.899. The van der Waals surface area contributed by atoms with Gasteiger partial charge in [-0.05, 0) is 17.9 Å². The first-order valence-corrected chi connectivity index (χ1v) is 7.98. The Bertz CT molecular complexity index is 557. The minimum absolute atomic E-state index is 0.201. The first-order valence-electron chi connectivity index (χ1n) is 7.10. The summed E-state index contributed by atoms with van der Waals surface area (Å²) >= 11 is 1.59. The van der Waals surface area contributed by atoms with E-state index in [1.807, 2.05) is 29.1 Å². The molecule has 0 aromatic carbocycles. The summed E-state index contributed by atoms with van der Waals surface area (Å²) in [7, 11) is 1.95. The van der Waals surface area contributed by atoms with Crippen LogP contribution >= 0.6 is 11.3 Å². The number of thiophene rings is 1. The van der Waals surface area contributed by atoms with Gasteiger partial charge in [0.25, 0.3) is 0 Å². The third-order valence-corrected chi connectivity index (χ3v) is 4.84. The maximum atomic E-state index is 10.4. The predicted octanol–water partition coefficient (Wildman–Crippen LogP) is 1.20. The van der Waals surface area contributed by atoms with E-state index in [-0.39, 0.29) is 6.04 Å². The van der Waals surface area contributed by atoms with Gasteiger partial charge in [-0.15, -0.1) is 21.5 Å². The molecule has 2 atom stereocenters. The summed E-state index contributed by atoms with van der Waals surface area (Å²) in [5.74, 6) is 0.938. The highest BCUT2D eigenvalue weighted by molar-refractivity contribution is 7.10. The van der Waals surface area contributed by atoms with Crippen LogP contribution < -0.4 is 0 Å². The molecule has 2 aromatic rings. The zero-order valence-corrected chi connectivity index (χ0v) is 12.9. The van der Waals surface area contributed by atoms with Crippen molar-refractivity contribution >= 4 is 11.3 Å². The molecule has 21 heavy (non-hydrogen) atoms. The van der Waals surface area contributed by atoms with Crippen molar-refractivity contribution < 1.29 is 9.84 Å². The van der Waals surface area contributed by atoms with E-state index < -0.39 is 6.10 Å². The minimum Gasteiger partial charge on any atom is -0.388 e. The van der Waals surface area contributed by atoms with Crippen LogP contribution in [0.2, 0.25) is 0 Å². The number of rotatable bonds is 5. The number of aliphatic hydroxyl groups is 1. The first-order chi connectivity index (χ1) is 10.2. The third kappa shape index (κ3) is 3.49. The van der Waals surface area contributed by atoms with Gasteiger partial charge in [0, 0.05) is 24.5 Å². The molecule has 3 rings (SSSR count). The third-order valence-electron chi connectivity index (χ3n) is 3.87. The molecule has 3 heterocycles. The number of hydrogen-bond acceptors (Lipinski definition) is 6. The summed E-state index contributed by atoms with van der Waals surface area (Å²) in [6.07, 6.45) is 1.96. The highest BCUT2D eigenvalue weighted by Crippen LogP contribution is 2.26. The molecule has 1 N–H and O–H groups in total. The second kappa shape index (κ2) is 6.65. The van der Waals surface area contributed by atoms with E-state index in [1.54, 1.807) is 17.7 Å². The Labute approximate surface area is 128 Å². The van der Waals surface area contributed by atoms with Gasteiger partial charge in [-0.2, -0.15) is 0 Å². The Hall–Kier alpha value is -1.28. The zero-order valence-electron chi connectivity index (χ0n) is 12.1. The average Bonchev–Trinajstić information content (AvgIpc) is 3.13. The Morgan fingerprint density at radius 3 is 3.19 bits per heavy atom. The van der Waals surface area contributed by atoms with Gasteiger partial charge >= 0.3 is 0 Å². The highest BCUT2D eigenvalue weighted by atomic mass is 32.1. The summed E-state index contributed by atoms with van der Waals surface area (Å²) < 4.78 is 7.52. The minimum atomic E-state index is -0.432. The fraction of sp³-hybridized carbons (Fsp3) is 0.571. The molecular weight excluding hydrogens is 288 g/mol. The fourth-order valence-electron chi connectivity index (χ4n) is 2.60. The summed E-state index contributed by atoms with van der Waals surface area (Å²) in [5.41, 5.74) is 0. The van der Waals surface area contributed by atoms with Gasteiger partial charge in [-0.1, -0.05) is 6.07 Å². The van der Waals surface area contributed by atoms with Crippen molar-refractivity contribution in [3.63, 3.8) is 0 Å². The molecule has 0 aliphatic carbocycles. The Morgan fingerprint density at radius 1 is 1.57 bits per heavy atom. The molecule has 0 bridgehead atoms. The molecule has 114 valence electrons. The summed E-state index contributed by atoms with van der Waals surface area (Å²) in [6, 6.07) is 4.15. The molecule has 0 spiro atoms. The Morgan fingerprint density at radius 2 is 2.48 bits per heavy atom. The molecule has 2 aromatic heterocycles. The maximum Gasteiger partial charge on any atom is 0.146 e. The predicted molar refractivity (Wildman–Crippen MR) is 79.9 cm³/mol. The van der Waals surface area contributed by atoms with Crippen molar-refractivity contribution in [1.82, 2.24) is 19.7 Å². The number of aromatic nitrogens is 3. The average molecular weight is 308 g/mol. The molecule has 0 saturated carbocycles. The van der Waals surface area contributed by atoms with Crippen molar-refractivity contribution in [2.45, 2.75) is 25.1 Å². The topological polar surface area (TPSA) is 63.4 Å². The Balaban J connectivity index is 1.65. The lowest BCUT2D eigenvalue weighted by Gasteiger charge is -2.36. The van der Waals surface area contributed by atoms with Gasteiger partial charge in [0.15, 0.2) is 0 Å². The number of morpholine rings is 1. The lowest BCUT2D eigenvalue weighted by molar-refractivity contribution is -0.0309. The fourth-order valence-corrected chi connectivity index (χ4v) is 3.33. The summed E-state index contributed by atoms with van der Waals surface area (Å²) in [5, 5.41) is 20.4. The molecule has 2 unspecified atom stereocenters. The van der Waals surface area contributed by atoms with E-state index in [0.29, 0.717) is 13.0 Å². The summed E-state index contributed by atoms with van der Waals surface area (Å²) in [4.78, 5) is 3.34. The van der Waals surface area contributed by atoms with Crippen LogP contribution in [0.5, 0.6) is 0 Å². The number of ether oxygens (including phenoxy) is 1. The second-order valence-corrected chi connectivity index (χ2v) is 6.30. The van der Waals surface area contributed by atoms with E-state index in [2.05, 4.69) is 15.1 Å². The molecule has 0 amide bonds. The van der Waals surface area contributed by atoms with Crippen molar-refractivity contribution in [3.05, 3.63) is 34.5 Å². The SMILES string of the molecule is Cn1cnnc1CN1CCOCC1CC(O)c1cccs1. The second-order valence-electron chi connectivity index (χ2n) is 5.32. The smallest absolute Gasteiger partial charge is 0.146 e. The molecule has 1 aliphatic heterocycles. The molecule has 0 radical (unpaired) electrons. The number of aliphatic hydroxyl groups excluding tert-OH is 1. The number of nitrogens with zero attached hydrogens (tertiary/aromatic N) is 4. The van der Waals surface area contributed by atoms with E-state index >= 15 is 0 Å². The number of aryl methyl sites for hydroxylation is 1. The van der Waals surface area contributed by atoms with Crippen LogP contribution in [0.3, 0.4) is 0 Å². The van der Waals surface area contributed by atoms with Crippen LogP contribution in [-0.2, 0) is 18.3 Å². The van der Waals surface area contributed by atoms with Crippen LogP contribution in [0.25, 0.3) is 0 Å². The van der Waals surface area contributed by atoms with Crippen LogP contribution in [-0.4, -0.2) is 50.6 Å². The van der Waals surface area contributed by atoms with Crippen molar-refractivity contribution in [2.75, 3.05) is 19.8 Å². The summed E-state index contributed by atoms with van der Waals surface area (Å²) in [6.45, 7) is 2.97. The van der Waals surface area contributed by atoms with Crippen molar-refractivity contribution in [3.8, 4) is 0 Å². The van der Waals surface area contributed by atoms with Gasteiger partial charge in [0.1, 0.15) is 12.2 Å². The molecule has 1 saturated heterocycles. The van der Waals surface area contributed by atoms with Gasteiger partial charge in [0.05, 0.1) is 25.9 Å². The van der Waals surface area contributed by atoms with E-state index in [0.717, 1.165) is 30.4 Å².